The highest BCUT2D eigenvalue weighted by Gasteiger charge is 2.34. The van der Waals surface area contributed by atoms with Gasteiger partial charge >= 0.3 is 6.36 Å². The van der Waals surface area contributed by atoms with Crippen LogP contribution in [0.25, 0.3) is 0 Å². The Balaban J connectivity index is 3.30. The topological polar surface area (TPSA) is 45.9 Å². The van der Waals surface area contributed by atoms with Gasteiger partial charge in [-0.25, -0.2) is 13.8 Å². The number of rotatable bonds is 2. The lowest BCUT2D eigenvalue weighted by molar-refractivity contribution is -0.275. The highest BCUT2D eigenvalue weighted by molar-refractivity contribution is 6.30. The molecule has 1 aromatic heterocycles. The summed E-state index contributed by atoms with van der Waals surface area (Å²) in [6.45, 7) is 0. The van der Waals surface area contributed by atoms with E-state index in [1.54, 1.807) is 0 Å². The van der Waals surface area contributed by atoms with Crippen LogP contribution in [-0.2, 0) is 0 Å². The first-order valence-corrected chi connectivity index (χ1v) is 4.27. The van der Waals surface area contributed by atoms with Crippen molar-refractivity contribution in [2.75, 3.05) is 0 Å². The second-order valence-electron chi connectivity index (χ2n) is 2.67. The largest absolute Gasteiger partial charge is 0.573 e. The zero-order valence-corrected chi connectivity index (χ0v) is 8.48. The Bertz CT molecular complexity index is 468. The van der Waals surface area contributed by atoms with E-state index in [-0.39, 0.29) is 0 Å². The molecule has 0 bridgehead atoms. The molecular formula is C8H2ClF5N2O. The number of pyridine rings is 1. The Hall–Kier alpha value is -1.62. The zero-order valence-electron chi connectivity index (χ0n) is 7.73. The van der Waals surface area contributed by atoms with Gasteiger partial charge in [-0.2, -0.15) is 5.26 Å². The van der Waals surface area contributed by atoms with Gasteiger partial charge < -0.3 is 4.74 Å². The standard InChI is InChI=1S/C8H2ClF5N2O/c9-6-3(2-15)1-4(17-8(12,13)14)5(16-6)7(10)11/h1,7H. The summed E-state index contributed by atoms with van der Waals surface area (Å²) in [5.74, 6) is -1.24. The number of alkyl halides is 5. The normalized spacial score (nSPS) is 11.4. The molecule has 0 aromatic carbocycles. The first-order valence-electron chi connectivity index (χ1n) is 3.89. The van der Waals surface area contributed by atoms with Gasteiger partial charge in [0.1, 0.15) is 11.2 Å². The summed E-state index contributed by atoms with van der Waals surface area (Å²) in [6.07, 6.45) is -8.47. The molecule has 17 heavy (non-hydrogen) atoms. The molecule has 0 unspecified atom stereocenters. The van der Waals surface area contributed by atoms with E-state index in [1.165, 1.54) is 6.07 Å². The number of nitriles is 1. The summed E-state index contributed by atoms with van der Waals surface area (Å²) in [7, 11) is 0. The van der Waals surface area contributed by atoms with Crippen LogP contribution in [0.5, 0.6) is 5.75 Å². The molecule has 0 saturated carbocycles. The van der Waals surface area contributed by atoms with Gasteiger partial charge in [0.15, 0.2) is 11.4 Å². The van der Waals surface area contributed by atoms with Crippen LogP contribution in [0.4, 0.5) is 22.0 Å². The third kappa shape index (κ3) is 3.42. The molecule has 9 heteroatoms. The quantitative estimate of drug-likeness (QED) is 0.612. The van der Waals surface area contributed by atoms with E-state index in [1.807, 2.05) is 0 Å². The van der Waals surface area contributed by atoms with Crippen molar-refractivity contribution in [2.45, 2.75) is 12.8 Å². The van der Waals surface area contributed by atoms with Crippen molar-refractivity contribution in [1.29, 1.82) is 5.26 Å². The minimum Gasteiger partial charge on any atom is -0.404 e. The van der Waals surface area contributed by atoms with Gasteiger partial charge in [0, 0.05) is 6.07 Å². The van der Waals surface area contributed by atoms with E-state index in [4.69, 9.17) is 16.9 Å². The van der Waals surface area contributed by atoms with Crippen LogP contribution in [0.15, 0.2) is 6.07 Å². The van der Waals surface area contributed by atoms with Crippen LogP contribution in [0, 0.1) is 11.3 Å². The molecule has 0 saturated heterocycles. The molecule has 0 radical (unpaired) electrons. The van der Waals surface area contributed by atoms with Gasteiger partial charge in [0.05, 0.1) is 5.56 Å². The van der Waals surface area contributed by atoms with Gasteiger partial charge in [0.2, 0.25) is 0 Å². The molecule has 0 spiro atoms. The van der Waals surface area contributed by atoms with Crippen molar-refractivity contribution in [2.24, 2.45) is 0 Å². The number of ether oxygens (including phenoxy) is 1. The smallest absolute Gasteiger partial charge is 0.404 e. The lowest BCUT2D eigenvalue weighted by Crippen LogP contribution is -2.19. The second-order valence-corrected chi connectivity index (χ2v) is 3.03. The molecule has 0 fully saturated rings. The fraction of sp³-hybridized carbons (Fsp3) is 0.250. The molecule has 0 amide bonds. The summed E-state index contributed by atoms with van der Waals surface area (Å²) in [5, 5.41) is 7.86. The molecule has 92 valence electrons. The average molecular weight is 273 g/mol. The first kappa shape index (κ1) is 13.4. The summed E-state index contributed by atoms with van der Waals surface area (Å²) < 4.78 is 63.8. The zero-order chi connectivity index (χ0) is 13.2. The van der Waals surface area contributed by atoms with Crippen molar-refractivity contribution in [3.05, 3.63) is 22.5 Å². The maximum Gasteiger partial charge on any atom is 0.573 e. The van der Waals surface area contributed by atoms with E-state index in [9.17, 15) is 22.0 Å². The summed E-state index contributed by atoms with van der Waals surface area (Å²) in [5.41, 5.74) is -1.76. The molecule has 1 heterocycles. The highest BCUT2D eigenvalue weighted by atomic mass is 35.5. The predicted molar refractivity (Wildman–Crippen MR) is 45.6 cm³/mol. The second kappa shape index (κ2) is 4.71. The molecule has 0 aliphatic heterocycles. The van der Waals surface area contributed by atoms with E-state index >= 15 is 0 Å². The summed E-state index contributed by atoms with van der Waals surface area (Å²) in [6, 6.07) is 1.86. The fourth-order valence-corrected chi connectivity index (χ4v) is 1.11. The summed E-state index contributed by atoms with van der Waals surface area (Å²) in [4.78, 5) is 3.00. The van der Waals surface area contributed by atoms with Gasteiger partial charge in [-0.15, -0.1) is 13.2 Å². The number of hydrogen-bond acceptors (Lipinski definition) is 3. The number of nitrogens with zero attached hydrogens (tertiary/aromatic N) is 2. The third-order valence-electron chi connectivity index (χ3n) is 1.52. The number of hydrogen-bond donors (Lipinski definition) is 0. The van der Waals surface area contributed by atoms with Gasteiger partial charge in [-0.3, -0.25) is 0 Å². The maximum absolute atomic E-state index is 12.4. The van der Waals surface area contributed by atoms with Crippen LogP contribution >= 0.6 is 11.6 Å². The lowest BCUT2D eigenvalue weighted by Gasteiger charge is -2.12. The first-order chi connectivity index (χ1) is 7.74. The van der Waals surface area contributed by atoms with E-state index in [2.05, 4.69) is 9.72 Å². The highest BCUT2D eigenvalue weighted by Crippen LogP contribution is 2.34. The monoisotopic (exact) mass is 272 g/mol. The van der Waals surface area contributed by atoms with Crippen LogP contribution < -0.4 is 4.74 Å². The van der Waals surface area contributed by atoms with Gasteiger partial charge in [-0.05, 0) is 0 Å². The Labute approximate surface area is 96.4 Å². The van der Waals surface area contributed by atoms with Crippen molar-refractivity contribution < 1.29 is 26.7 Å². The van der Waals surface area contributed by atoms with Crippen molar-refractivity contribution in [3.63, 3.8) is 0 Å². The Morgan fingerprint density at radius 2 is 2.00 bits per heavy atom. The molecular weight excluding hydrogens is 271 g/mol. The molecule has 3 nitrogen and oxygen atoms in total. The lowest BCUT2D eigenvalue weighted by atomic mass is 10.2. The molecule has 1 rings (SSSR count). The predicted octanol–water partition coefficient (Wildman–Crippen LogP) is 3.44. The maximum atomic E-state index is 12.4. The van der Waals surface area contributed by atoms with E-state index in [0.29, 0.717) is 6.07 Å². The van der Waals surface area contributed by atoms with Crippen LogP contribution in [0.3, 0.4) is 0 Å². The van der Waals surface area contributed by atoms with Gasteiger partial charge in [0.25, 0.3) is 6.43 Å². The third-order valence-corrected chi connectivity index (χ3v) is 1.81. The molecule has 1 aromatic rings. The Morgan fingerprint density at radius 3 is 2.41 bits per heavy atom. The fourth-order valence-electron chi connectivity index (χ4n) is 0.927. The van der Waals surface area contributed by atoms with Crippen LogP contribution in [0.2, 0.25) is 5.15 Å². The van der Waals surface area contributed by atoms with Crippen molar-refractivity contribution in [3.8, 4) is 11.8 Å². The van der Waals surface area contributed by atoms with Crippen LogP contribution in [0.1, 0.15) is 17.7 Å². The number of halogens is 6. The van der Waals surface area contributed by atoms with Crippen LogP contribution in [-0.4, -0.2) is 11.3 Å². The van der Waals surface area contributed by atoms with E-state index in [0.717, 1.165) is 0 Å². The molecule has 0 N–H and O–H groups in total. The van der Waals surface area contributed by atoms with Gasteiger partial charge in [-0.1, -0.05) is 11.6 Å². The van der Waals surface area contributed by atoms with E-state index < -0.39 is 34.9 Å². The summed E-state index contributed by atoms with van der Waals surface area (Å²) >= 11 is 5.31. The van der Waals surface area contributed by atoms with Crippen molar-refractivity contribution >= 4 is 11.6 Å². The molecule has 0 atom stereocenters. The minimum atomic E-state index is -5.16. The molecule has 0 aliphatic carbocycles. The minimum absolute atomic E-state index is 0.463. The molecule has 0 aliphatic rings. The average Bonchev–Trinajstić information content (AvgIpc) is 2.17. The van der Waals surface area contributed by atoms with Crippen molar-refractivity contribution in [1.82, 2.24) is 4.98 Å². The Kier molecular flexibility index (Phi) is 3.72. The SMILES string of the molecule is N#Cc1cc(OC(F)(F)F)c(C(F)F)nc1Cl. The number of aromatic nitrogens is 1. The Morgan fingerprint density at radius 1 is 1.41 bits per heavy atom.